The molecule has 0 amide bonds. The maximum absolute atomic E-state index is 5.53. The lowest BCUT2D eigenvalue weighted by Crippen LogP contribution is -2.71. The van der Waals surface area contributed by atoms with Gasteiger partial charge in [0.15, 0.2) is 0 Å². The van der Waals surface area contributed by atoms with Gasteiger partial charge in [-0.2, -0.15) is 9.13 Å². The first-order chi connectivity index (χ1) is 21.9. The molecule has 0 saturated heterocycles. The normalized spacial score (nSPS) is 20.1. The highest BCUT2D eigenvalue weighted by molar-refractivity contribution is 6.20. The molecule has 12 rings (SSSR count). The molecule has 8 heteroatoms. The van der Waals surface area contributed by atoms with Crippen molar-refractivity contribution in [3.05, 3.63) is 128 Å². The van der Waals surface area contributed by atoms with Crippen molar-refractivity contribution >= 4 is 56.5 Å². The molecule has 0 N–H and O–H groups in total. The van der Waals surface area contributed by atoms with Gasteiger partial charge in [0.25, 0.3) is 23.3 Å². The van der Waals surface area contributed by atoms with E-state index in [2.05, 4.69) is 119 Å². The molecule has 210 valence electrons. The lowest BCUT2D eigenvalue weighted by molar-refractivity contribution is -0.790. The van der Waals surface area contributed by atoms with Crippen LogP contribution in [0.1, 0.15) is 44.5 Å². The van der Waals surface area contributed by atoms with Gasteiger partial charge in [-0.1, -0.05) is 66.5 Å². The van der Waals surface area contributed by atoms with Gasteiger partial charge in [0.1, 0.15) is 0 Å². The van der Waals surface area contributed by atoms with Crippen molar-refractivity contribution in [3.63, 3.8) is 0 Å². The second-order valence-corrected chi connectivity index (χ2v) is 13.2. The zero-order valence-electron chi connectivity index (χ0n) is 25.0. The summed E-state index contributed by atoms with van der Waals surface area (Å²) in [6.07, 6.45) is 0. The van der Waals surface area contributed by atoms with Crippen molar-refractivity contribution < 1.29 is 9.15 Å². The van der Waals surface area contributed by atoms with Crippen LogP contribution in [-0.4, -0.2) is 41.6 Å². The summed E-state index contributed by atoms with van der Waals surface area (Å²) >= 11 is 0. The Hall–Kier alpha value is -5.76. The van der Waals surface area contributed by atoms with Crippen LogP contribution in [0.2, 0.25) is 0 Å². The molecule has 0 radical (unpaired) electrons. The number of rotatable bonds is 0. The van der Waals surface area contributed by atoms with E-state index in [0.717, 1.165) is 89.8 Å². The Morgan fingerprint density at radius 3 is 1.58 bits per heavy atom. The van der Waals surface area contributed by atoms with Crippen molar-refractivity contribution in [2.24, 2.45) is 20.0 Å². The van der Waals surface area contributed by atoms with Gasteiger partial charge in [-0.05, 0) is 76.2 Å². The molecule has 1 spiro atoms. The summed E-state index contributed by atoms with van der Waals surface area (Å²) in [6.45, 7) is 8.59. The number of aromatic nitrogens is 2. The fraction of sp³-hybridized carbons (Fsp3) is 0.135. The molecule has 0 saturated carbocycles. The van der Waals surface area contributed by atoms with E-state index in [1.807, 2.05) is 0 Å². The molecule has 0 unspecified atom stereocenters. The van der Waals surface area contributed by atoms with Gasteiger partial charge in [-0.3, -0.25) is 0 Å². The number of aliphatic imine (C=N–C) groups is 2. The molecule has 6 aliphatic rings. The minimum Gasteiger partial charge on any atom is -0.192 e. The van der Waals surface area contributed by atoms with Crippen LogP contribution in [0.15, 0.2) is 92.8 Å². The Morgan fingerprint density at radius 1 is 0.467 bits per heavy atom. The molecule has 6 aliphatic heterocycles. The zero-order valence-corrected chi connectivity index (χ0v) is 25.0. The van der Waals surface area contributed by atoms with Gasteiger partial charge in [-0.25, -0.2) is 0 Å². The van der Waals surface area contributed by atoms with Crippen LogP contribution in [0.5, 0.6) is 0 Å². The van der Waals surface area contributed by atoms with Crippen molar-refractivity contribution in [2.45, 2.75) is 33.6 Å². The number of amidine groups is 4. The average Bonchev–Trinajstić information content (AvgIpc) is 3.72. The maximum atomic E-state index is 5.53. The Labute approximate surface area is 256 Å². The van der Waals surface area contributed by atoms with E-state index in [-0.39, 0.29) is 0 Å². The Morgan fingerprint density at radius 2 is 0.956 bits per heavy atom. The number of aryl methyl sites for hydroxylation is 4. The topological polar surface area (TPSA) is 65.3 Å². The maximum Gasteiger partial charge on any atom is 0.404 e. The summed E-state index contributed by atoms with van der Waals surface area (Å²) in [5.41, 5.74) is 11.0. The van der Waals surface area contributed by atoms with Crippen LogP contribution >= 0.6 is 0 Å². The molecule has 6 aromatic rings. The quantitative estimate of drug-likeness (QED) is 0.229. The number of hydrogen-bond donors (Lipinski definition) is 0. The van der Waals surface area contributed by atoms with Gasteiger partial charge in [-0.15, -0.1) is 9.15 Å². The highest BCUT2D eigenvalue weighted by atomic mass is 15.7. The molecule has 0 aliphatic carbocycles. The van der Waals surface area contributed by atoms with Crippen LogP contribution < -0.4 is 11.0 Å². The van der Waals surface area contributed by atoms with E-state index < -0.39 is 5.91 Å². The van der Waals surface area contributed by atoms with Crippen molar-refractivity contribution in [1.82, 2.24) is 9.13 Å². The third-order valence-corrected chi connectivity index (χ3v) is 10.4. The van der Waals surface area contributed by atoms with E-state index in [9.17, 15) is 0 Å². The van der Waals surface area contributed by atoms with E-state index in [1.165, 1.54) is 22.3 Å². The van der Waals surface area contributed by atoms with Gasteiger partial charge in [0.05, 0.1) is 22.3 Å². The fourth-order valence-electron chi connectivity index (χ4n) is 8.54. The predicted molar refractivity (Wildman–Crippen MR) is 173 cm³/mol. The van der Waals surface area contributed by atoms with Crippen LogP contribution in [0.4, 0.5) is 11.6 Å². The predicted octanol–water partition coefficient (Wildman–Crippen LogP) is 4.94. The monoisotopic (exact) mass is 580 g/mol. The number of nitrogens with zero attached hydrogens (tertiary/aromatic N) is 8. The highest BCUT2D eigenvalue weighted by Gasteiger charge is 2.69. The summed E-state index contributed by atoms with van der Waals surface area (Å²) in [5.74, 6) is 4.50. The van der Waals surface area contributed by atoms with Gasteiger partial charge < -0.3 is 0 Å². The number of hydrogen-bond acceptors (Lipinski definition) is 4. The summed E-state index contributed by atoms with van der Waals surface area (Å²) in [6, 6.07) is 26.6. The van der Waals surface area contributed by atoms with Gasteiger partial charge in [0, 0.05) is 21.5 Å². The fourth-order valence-corrected chi connectivity index (χ4v) is 8.54. The van der Waals surface area contributed by atoms with Crippen LogP contribution in [0.25, 0.3) is 21.5 Å². The molecule has 45 heavy (non-hydrogen) atoms. The Kier molecular flexibility index (Phi) is 3.44. The largest absolute Gasteiger partial charge is 0.404 e. The van der Waals surface area contributed by atoms with Crippen LogP contribution in [0.3, 0.4) is 0 Å². The molecule has 4 aromatic carbocycles. The van der Waals surface area contributed by atoms with E-state index >= 15 is 0 Å². The SMILES string of the molecule is Cc1ccc2c(c1)C1=Nc3c4cc(C)ccc4c4n3[C@]35n6c(c7ccc(C)cc7c6=NC6=[N+]3C(=N4)c3cc(C)ccc36)=NC2=[N+]15. The minimum atomic E-state index is -0.947. The first-order valence-electron chi connectivity index (χ1n) is 15.4. The molecular formula is C37H24N8+2. The standard InChI is InChI=1S/C37H24N8/c1-17-5-9-21-25(13-17)33-39-31-23-11-7-18(2)14-26(23)34-40-32-24-12-8-20(4)16-28(24)36-41-35-27-15-19(3)6-10-22(27)30-38-29(21)42(33)37(43(30)35,44(31)34)45(32)36/h5-16H,1-4H3/q+2/t37-/m0/s1. The van der Waals surface area contributed by atoms with Gasteiger partial charge >= 0.3 is 5.91 Å². The first kappa shape index (κ1) is 22.7. The summed E-state index contributed by atoms with van der Waals surface area (Å²) in [4.78, 5) is 22.1. The molecule has 8 nitrogen and oxygen atoms in total. The van der Waals surface area contributed by atoms with E-state index in [1.54, 1.807) is 0 Å². The lowest BCUT2D eigenvalue weighted by Gasteiger charge is -2.40. The second kappa shape index (κ2) is 6.81. The molecule has 0 bridgehead atoms. The highest BCUT2D eigenvalue weighted by Crippen LogP contribution is 2.52. The van der Waals surface area contributed by atoms with E-state index in [0.29, 0.717) is 0 Å². The third-order valence-electron chi connectivity index (χ3n) is 10.4. The van der Waals surface area contributed by atoms with E-state index in [4.69, 9.17) is 20.0 Å². The lowest BCUT2D eigenvalue weighted by atomic mass is 10.0. The van der Waals surface area contributed by atoms with Crippen LogP contribution in [-0.2, 0) is 5.91 Å². The first-order valence-corrected chi connectivity index (χ1v) is 15.4. The number of fused-ring (bicyclic) bond motifs is 12. The Balaban J connectivity index is 1.42. The summed E-state index contributed by atoms with van der Waals surface area (Å²) in [5, 5.41) is 4.39. The van der Waals surface area contributed by atoms with Crippen molar-refractivity contribution in [1.29, 1.82) is 0 Å². The smallest absolute Gasteiger partial charge is 0.192 e. The van der Waals surface area contributed by atoms with Crippen molar-refractivity contribution in [3.8, 4) is 0 Å². The van der Waals surface area contributed by atoms with Crippen molar-refractivity contribution in [2.75, 3.05) is 0 Å². The third kappa shape index (κ3) is 2.22. The molecular weight excluding hydrogens is 556 g/mol. The molecule has 8 heterocycles. The number of benzene rings is 4. The zero-order chi connectivity index (χ0) is 29.7. The van der Waals surface area contributed by atoms with Crippen LogP contribution in [0, 0.1) is 27.7 Å². The average molecular weight is 581 g/mol. The molecule has 2 aromatic heterocycles. The minimum absolute atomic E-state index is 0.906. The molecule has 1 atom stereocenters. The molecule has 0 fully saturated rings. The summed E-state index contributed by atoms with van der Waals surface area (Å²) in [7, 11) is 0. The van der Waals surface area contributed by atoms with Gasteiger partial charge in [0.2, 0.25) is 22.6 Å². The Bertz CT molecular complexity index is 2850. The summed E-state index contributed by atoms with van der Waals surface area (Å²) < 4.78 is 9.46. The second-order valence-electron chi connectivity index (χ2n) is 13.2.